The normalized spacial score (nSPS) is 21.9. The molecule has 234 valence electrons. The molecule has 43 heavy (non-hydrogen) atoms. The van der Waals surface area contributed by atoms with Crippen LogP contribution in [0.3, 0.4) is 0 Å². The molecule has 0 spiro atoms. The molecule has 2 atom stereocenters. The van der Waals surface area contributed by atoms with Crippen molar-refractivity contribution in [2.75, 3.05) is 39.0 Å². The molecule has 2 aromatic carbocycles. The van der Waals surface area contributed by atoms with Crippen LogP contribution in [0.1, 0.15) is 30.0 Å². The predicted molar refractivity (Wildman–Crippen MR) is 163 cm³/mol. The fourth-order valence-electron chi connectivity index (χ4n) is 5.18. The van der Waals surface area contributed by atoms with E-state index in [1.54, 1.807) is 12.2 Å². The van der Waals surface area contributed by atoms with Gasteiger partial charge in [-0.2, -0.15) is 21.8 Å². The fourth-order valence-corrected chi connectivity index (χ4v) is 8.16. The molecule has 1 aliphatic carbocycles. The third-order valence-electron chi connectivity index (χ3n) is 7.81. The van der Waals surface area contributed by atoms with Crippen LogP contribution in [0.25, 0.3) is 0 Å². The Balaban J connectivity index is 1.76. The standard InChI is InChI=1S/C29H34F3N3O5S3/c1-27(36,29(30,31)32)23-12-14-24(15-13-23)28(20-34(42(2,37)38)18-16-22-8-4-3-5-9-22)21-35(19-17-33-28)43(39,40)26-11-7-6-10-25(26)41/h3-9,11-15,33,36H,10,16-21H2,1-2H3/t27?,28-/m1/s1. The zero-order valence-electron chi connectivity index (χ0n) is 23.7. The van der Waals surface area contributed by atoms with Gasteiger partial charge in [0.25, 0.3) is 0 Å². The van der Waals surface area contributed by atoms with Gasteiger partial charge in [0.05, 0.1) is 16.7 Å². The van der Waals surface area contributed by atoms with Gasteiger partial charge in [0, 0.05) is 44.0 Å². The van der Waals surface area contributed by atoms with E-state index in [0.717, 1.165) is 24.0 Å². The van der Waals surface area contributed by atoms with E-state index in [4.69, 9.17) is 12.2 Å². The summed E-state index contributed by atoms with van der Waals surface area (Å²) in [4.78, 5) is 0.243. The summed E-state index contributed by atoms with van der Waals surface area (Å²) in [6, 6.07) is 14.2. The maximum atomic E-state index is 13.8. The summed E-state index contributed by atoms with van der Waals surface area (Å²) in [6.07, 6.45) is 1.58. The van der Waals surface area contributed by atoms with E-state index in [2.05, 4.69) is 5.32 Å². The number of allylic oxidation sites excluding steroid dienone is 4. The van der Waals surface area contributed by atoms with Crippen molar-refractivity contribution in [1.29, 1.82) is 0 Å². The third kappa shape index (κ3) is 7.27. The Morgan fingerprint density at radius 2 is 1.72 bits per heavy atom. The van der Waals surface area contributed by atoms with E-state index in [1.807, 2.05) is 30.3 Å². The maximum absolute atomic E-state index is 13.8. The van der Waals surface area contributed by atoms with E-state index in [0.29, 0.717) is 25.3 Å². The minimum Gasteiger partial charge on any atom is -0.376 e. The van der Waals surface area contributed by atoms with Crippen LogP contribution in [0.15, 0.2) is 77.7 Å². The van der Waals surface area contributed by atoms with Gasteiger partial charge >= 0.3 is 6.18 Å². The van der Waals surface area contributed by atoms with Crippen LogP contribution in [0, 0.1) is 0 Å². The molecule has 0 aromatic heterocycles. The Morgan fingerprint density at radius 3 is 2.30 bits per heavy atom. The molecule has 2 N–H and O–H groups in total. The van der Waals surface area contributed by atoms with Crippen molar-refractivity contribution in [1.82, 2.24) is 13.9 Å². The van der Waals surface area contributed by atoms with Gasteiger partial charge in [0.15, 0.2) is 5.60 Å². The molecule has 1 unspecified atom stereocenters. The molecule has 0 amide bonds. The average Bonchev–Trinajstić information content (AvgIpc) is 2.95. The van der Waals surface area contributed by atoms with E-state index < -0.39 is 42.9 Å². The molecule has 0 radical (unpaired) electrons. The lowest BCUT2D eigenvalue weighted by molar-refractivity contribution is -0.258. The molecule has 2 aromatic rings. The largest absolute Gasteiger partial charge is 0.421 e. The smallest absolute Gasteiger partial charge is 0.376 e. The second kappa shape index (κ2) is 12.5. The van der Waals surface area contributed by atoms with Crippen LogP contribution in [0.5, 0.6) is 0 Å². The quantitative estimate of drug-likeness (QED) is 0.376. The molecule has 0 saturated carbocycles. The number of aliphatic hydroxyl groups is 1. The molecule has 2 aliphatic rings. The third-order valence-corrected chi connectivity index (χ3v) is 11.5. The first-order valence-corrected chi connectivity index (χ1v) is 17.2. The van der Waals surface area contributed by atoms with Crippen molar-refractivity contribution < 1.29 is 35.1 Å². The van der Waals surface area contributed by atoms with Crippen LogP contribution < -0.4 is 5.32 Å². The summed E-state index contributed by atoms with van der Waals surface area (Å²) >= 11 is 5.33. The number of sulfonamides is 2. The van der Waals surface area contributed by atoms with Crippen LogP contribution >= 0.6 is 12.2 Å². The minimum absolute atomic E-state index is 0.0126. The number of nitrogens with one attached hydrogen (secondary N) is 1. The monoisotopic (exact) mass is 657 g/mol. The maximum Gasteiger partial charge on any atom is 0.421 e. The van der Waals surface area contributed by atoms with Gasteiger partial charge in [-0.3, -0.25) is 0 Å². The van der Waals surface area contributed by atoms with Gasteiger partial charge in [-0.05, 0) is 36.1 Å². The summed E-state index contributed by atoms with van der Waals surface area (Å²) in [7, 11) is -7.90. The van der Waals surface area contributed by atoms with Gasteiger partial charge in [-0.15, -0.1) is 0 Å². The number of halogens is 3. The SMILES string of the molecule is CC(O)(c1ccc([C@@]2(CN(CCc3ccccc3)S(C)(=O)=O)CN(S(=O)(=O)C3=CC=CCC3=S)CCN2)cc1)C(F)(F)F. The highest BCUT2D eigenvalue weighted by molar-refractivity contribution is 7.96. The van der Waals surface area contributed by atoms with E-state index >= 15 is 0 Å². The van der Waals surface area contributed by atoms with E-state index in [9.17, 15) is 35.1 Å². The first kappa shape index (κ1) is 33.4. The number of benzene rings is 2. The van der Waals surface area contributed by atoms with Gasteiger partial charge in [-0.1, -0.05) is 79.0 Å². The van der Waals surface area contributed by atoms with Gasteiger partial charge in [-0.25, -0.2) is 16.8 Å². The number of thiocarbonyl (C=S) groups is 1. The Labute approximate surface area is 256 Å². The number of hydrogen-bond donors (Lipinski definition) is 2. The number of hydrogen-bond acceptors (Lipinski definition) is 7. The van der Waals surface area contributed by atoms with Gasteiger partial charge < -0.3 is 10.4 Å². The zero-order valence-corrected chi connectivity index (χ0v) is 26.2. The molecule has 1 aliphatic heterocycles. The first-order chi connectivity index (χ1) is 20.0. The van der Waals surface area contributed by atoms with Gasteiger partial charge in [0.1, 0.15) is 0 Å². The van der Waals surface area contributed by atoms with E-state index in [-0.39, 0.29) is 42.5 Å². The molecular weight excluding hydrogens is 624 g/mol. The molecule has 1 heterocycles. The lowest BCUT2D eigenvalue weighted by Gasteiger charge is -2.46. The lowest BCUT2D eigenvalue weighted by atomic mass is 9.85. The molecule has 0 bridgehead atoms. The second-order valence-corrected chi connectivity index (χ2v) is 15.3. The molecular formula is C29H34F3N3O5S3. The number of alkyl halides is 3. The second-order valence-electron chi connectivity index (χ2n) is 10.9. The van der Waals surface area contributed by atoms with Crippen molar-refractivity contribution in [2.24, 2.45) is 0 Å². The van der Waals surface area contributed by atoms with Crippen molar-refractivity contribution >= 4 is 37.1 Å². The minimum atomic E-state index is -4.94. The van der Waals surface area contributed by atoms with Crippen molar-refractivity contribution in [2.45, 2.75) is 37.1 Å². The summed E-state index contributed by atoms with van der Waals surface area (Å²) < 4.78 is 96.7. The zero-order chi connectivity index (χ0) is 31.7. The van der Waals surface area contributed by atoms with Crippen LogP contribution in [0.2, 0.25) is 0 Å². The molecule has 1 fully saturated rings. The van der Waals surface area contributed by atoms with E-state index in [1.165, 1.54) is 26.8 Å². The Morgan fingerprint density at radius 1 is 1.07 bits per heavy atom. The predicted octanol–water partition coefficient (Wildman–Crippen LogP) is 3.60. The van der Waals surface area contributed by atoms with Crippen molar-refractivity contribution in [3.8, 4) is 0 Å². The molecule has 4 rings (SSSR count). The van der Waals surface area contributed by atoms with Crippen LogP contribution in [-0.2, 0) is 37.6 Å². The van der Waals surface area contributed by atoms with Gasteiger partial charge in [0.2, 0.25) is 20.0 Å². The summed E-state index contributed by atoms with van der Waals surface area (Å²) in [5.74, 6) is 0. The highest BCUT2D eigenvalue weighted by atomic mass is 32.2. The summed E-state index contributed by atoms with van der Waals surface area (Å²) in [5, 5.41) is 13.5. The molecule has 14 heteroatoms. The highest BCUT2D eigenvalue weighted by Gasteiger charge is 2.51. The Bertz CT molecular complexity index is 1610. The lowest BCUT2D eigenvalue weighted by Crippen LogP contribution is -2.64. The molecule has 8 nitrogen and oxygen atoms in total. The molecule has 1 saturated heterocycles. The van der Waals surface area contributed by atoms with Crippen LogP contribution in [0.4, 0.5) is 13.2 Å². The Hall–Kier alpha value is -2.46. The number of nitrogens with zero attached hydrogens (tertiary/aromatic N) is 2. The van der Waals surface area contributed by atoms with Crippen molar-refractivity contribution in [3.05, 3.63) is 94.4 Å². The number of piperazine rings is 1. The summed E-state index contributed by atoms with van der Waals surface area (Å²) in [5.41, 5.74) is -3.62. The topological polar surface area (TPSA) is 107 Å². The fraction of sp³-hybridized carbons (Fsp3) is 0.414. The highest BCUT2D eigenvalue weighted by Crippen LogP contribution is 2.39. The van der Waals surface area contributed by atoms with Crippen molar-refractivity contribution in [3.63, 3.8) is 0 Å². The Kier molecular flexibility index (Phi) is 9.72. The average molecular weight is 658 g/mol. The number of rotatable bonds is 10. The first-order valence-electron chi connectivity index (χ1n) is 13.5. The summed E-state index contributed by atoms with van der Waals surface area (Å²) in [6.45, 7) is 0.508. The van der Waals surface area contributed by atoms with Crippen LogP contribution in [-0.4, -0.2) is 80.6 Å².